The molecule has 2 N–H and O–H groups in total. The van der Waals surface area contributed by atoms with Gasteiger partial charge in [0.25, 0.3) is 5.92 Å². The second-order valence-electron chi connectivity index (χ2n) is 3.85. The van der Waals surface area contributed by atoms with Crippen LogP contribution in [0, 0.1) is 5.92 Å². The van der Waals surface area contributed by atoms with Crippen LogP contribution in [0.5, 0.6) is 0 Å². The molecule has 0 aromatic heterocycles. The van der Waals surface area contributed by atoms with E-state index in [0.717, 1.165) is 26.3 Å². The number of nitrogens with one attached hydrogen (secondary N) is 1. The lowest BCUT2D eigenvalue weighted by molar-refractivity contribution is -0.115. The lowest BCUT2D eigenvalue weighted by Gasteiger charge is -2.28. The molecule has 13 heavy (non-hydrogen) atoms. The Hall–Kier alpha value is -0.220. The van der Waals surface area contributed by atoms with Gasteiger partial charge >= 0.3 is 0 Å². The monoisotopic (exact) mass is 193 g/mol. The van der Waals surface area contributed by atoms with Crippen molar-refractivity contribution in [2.45, 2.75) is 38.2 Å². The van der Waals surface area contributed by atoms with Gasteiger partial charge in [0.2, 0.25) is 0 Å². The summed E-state index contributed by atoms with van der Waals surface area (Å²) in [7, 11) is 0. The van der Waals surface area contributed by atoms with E-state index in [1.165, 1.54) is 0 Å². The third-order valence-electron chi connectivity index (χ3n) is 2.57. The Morgan fingerprint density at radius 3 is 2.77 bits per heavy atom. The second kappa shape index (κ2) is 4.33. The van der Waals surface area contributed by atoms with Gasteiger partial charge in [-0.25, -0.2) is 8.78 Å². The molecule has 1 fully saturated rings. The van der Waals surface area contributed by atoms with E-state index in [0.29, 0.717) is 6.54 Å². The zero-order valence-electron chi connectivity index (χ0n) is 7.89. The van der Waals surface area contributed by atoms with Crippen LogP contribution in [0.1, 0.15) is 26.2 Å². The highest BCUT2D eigenvalue weighted by Gasteiger charge is 2.37. The molecule has 2 nitrogen and oxygen atoms in total. The molecule has 1 heterocycles. The van der Waals surface area contributed by atoms with E-state index in [4.69, 9.17) is 5.11 Å². The molecule has 1 saturated heterocycles. The number of hydrogen-bond donors (Lipinski definition) is 2. The number of piperidine rings is 1. The van der Waals surface area contributed by atoms with Crippen LogP contribution < -0.4 is 5.32 Å². The van der Waals surface area contributed by atoms with Gasteiger partial charge in [-0.3, -0.25) is 0 Å². The molecular weight excluding hydrogens is 176 g/mol. The van der Waals surface area contributed by atoms with Gasteiger partial charge in [0, 0.05) is 6.42 Å². The second-order valence-corrected chi connectivity index (χ2v) is 3.85. The molecule has 0 radical (unpaired) electrons. The van der Waals surface area contributed by atoms with Crippen LogP contribution in [-0.2, 0) is 0 Å². The van der Waals surface area contributed by atoms with Crippen LogP contribution in [0.4, 0.5) is 8.78 Å². The molecule has 0 aromatic carbocycles. The SMILES string of the molecule is CC(O)C(F)(F)CC1CCCNC1. The molecule has 0 amide bonds. The molecule has 0 saturated carbocycles. The molecule has 2 atom stereocenters. The summed E-state index contributed by atoms with van der Waals surface area (Å²) >= 11 is 0. The first-order valence-corrected chi connectivity index (χ1v) is 4.79. The minimum Gasteiger partial charge on any atom is -0.387 e. The molecular formula is C9H17F2NO. The van der Waals surface area contributed by atoms with Crippen molar-refractivity contribution < 1.29 is 13.9 Å². The van der Waals surface area contributed by atoms with Crippen LogP contribution in [-0.4, -0.2) is 30.2 Å². The highest BCUT2D eigenvalue weighted by Crippen LogP contribution is 2.29. The van der Waals surface area contributed by atoms with Crippen LogP contribution in [0.25, 0.3) is 0 Å². The molecule has 0 spiro atoms. The maximum absolute atomic E-state index is 13.1. The normalized spacial score (nSPS) is 27.2. The Morgan fingerprint density at radius 1 is 1.62 bits per heavy atom. The van der Waals surface area contributed by atoms with Crippen LogP contribution in [0.3, 0.4) is 0 Å². The molecule has 0 aromatic rings. The van der Waals surface area contributed by atoms with Crippen molar-refractivity contribution in [3.63, 3.8) is 0 Å². The van der Waals surface area contributed by atoms with Crippen LogP contribution in [0.15, 0.2) is 0 Å². The molecule has 1 aliphatic rings. The smallest absolute Gasteiger partial charge is 0.273 e. The van der Waals surface area contributed by atoms with Crippen LogP contribution >= 0.6 is 0 Å². The summed E-state index contributed by atoms with van der Waals surface area (Å²) in [6.07, 6.45) is 0.0718. The van der Waals surface area contributed by atoms with Crippen molar-refractivity contribution in [2.75, 3.05) is 13.1 Å². The first kappa shape index (κ1) is 10.9. The van der Waals surface area contributed by atoms with Crippen LogP contribution in [0.2, 0.25) is 0 Å². The van der Waals surface area contributed by atoms with Gasteiger partial charge < -0.3 is 10.4 Å². The standard InChI is InChI=1S/C9H17F2NO/c1-7(13)9(10,11)5-8-3-2-4-12-6-8/h7-8,12-13H,2-6H2,1H3. The quantitative estimate of drug-likeness (QED) is 0.710. The van der Waals surface area contributed by atoms with E-state index >= 15 is 0 Å². The zero-order valence-corrected chi connectivity index (χ0v) is 7.89. The molecule has 0 aliphatic carbocycles. The van der Waals surface area contributed by atoms with E-state index in [2.05, 4.69) is 5.32 Å². The highest BCUT2D eigenvalue weighted by molar-refractivity contribution is 4.80. The number of hydrogen-bond acceptors (Lipinski definition) is 2. The number of halogens is 2. The van der Waals surface area contributed by atoms with Gasteiger partial charge in [0.05, 0.1) is 0 Å². The summed E-state index contributed by atoms with van der Waals surface area (Å²) in [6, 6.07) is 0. The largest absolute Gasteiger partial charge is 0.387 e. The maximum Gasteiger partial charge on any atom is 0.273 e. The van der Waals surface area contributed by atoms with Gasteiger partial charge in [0.1, 0.15) is 6.10 Å². The zero-order chi connectivity index (χ0) is 9.90. The summed E-state index contributed by atoms with van der Waals surface area (Å²) in [6.45, 7) is 2.73. The number of rotatable bonds is 3. The van der Waals surface area contributed by atoms with E-state index in [-0.39, 0.29) is 12.3 Å². The Kier molecular flexibility index (Phi) is 3.62. The Balaban J connectivity index is 2.37. The molecule has 1 rings (SSSR count). The van der Waals surface area contributed by atoms with E-state index in [1.54, 1.807) is 0 Å². The molecule has 0 bridgehead atoms. The van der Waals surface area contributed by atoms with Gasteiger partial charge in [-0.2, -0.15) is 0 Å². The van der Waals surface area contributed by atoms with Crippen molar-refractivity contribution in [1.82, 2.24) is 5.32 Å². The molecule has 2 unspecified atom stereocenters. The summed E-state index contributed by atoms with van der Waals surface area (Å²) in [5.74, 6) is -2.91. The van der Waals surface area contributed by atoms with Crippen molar-refractivity contribution in [3.8, 4) is 0 Å². The Labute approximate surface area is 77.3 Å². The lowest BCUT2D eigenvalue weighted by atomic mass is 9.91. The Morgan fingerprint density at radius 2 is 2.31 bits per heavy atom. The molecule has 1 aliphatic heterocycles. The molecule has 4 heteroatoms. The van der Waals surface area contributed by atoms with Gasteiger partial charge in [-0.1, -0.05) is 0 Å². The third kappa shape index (κ3) is 3.19. The number of aliphatic hydroxyl groups excluding tert-OH is 1. The van der Waals surface area contributed by atoms with E-state index in [9.17, 15) is 8.78 Å². The first-order valence-electron chi connectivity index (χ1n) is 4.79. The van der Waals surface area contributed by atoms with E-state index in [1.807, 2.05) is 0 Å². The van der Waals surface area contributed by atoms with Gasteiger partial charge in [-0.05, 0) is 38.8 Å². The van der Waals surface area contributed by atoms with E-state index < -0.39 is 12.0 Å². The maximum atomic E-state index is 13.1. The fourth-order valence-corrected chi connectivity index (χ4v) is 1.65. The summed E-state index contributed by atoms with van der Waals surface area (Å²) in [5, 5.41) is 11.9. The van der Waals surface area contributed by atoms with Crippen molar-refractivity contribution in [1.29, 1.82) is 0 Å². The fourth-order valence-electron chi connectivity index (χ4n) is 1.65. The van der Waals surface area contributed by atoms with Gasteiger partial charge in [-0.15, -0.1) is 0 Å². The summed E-state index contributed by atoms with van der Waals surface area (Å²) in [4.78, 5) is 0. The Bertz CT molecular complexity index is 156. The molecule has 78 valence electrons. The minimum atomic E-state index is -2.93. The predicted molar refractivity (Wildman–Crippen MR) is 46.8 cm³/mol. The predicted octanol–water partition coefficient (Wildman–Crippen LogP) is 1.39. The third-order valence-corrected chi connectivity index (χ3v) is 2.57. The average molecular weight is 193 g/mol. The van der Waals surface area contributed by atoms with Crippen molar-refractivity contribution in [3.05, 3.63) is 0 Å². The van der Waals surface area contributed by atoms with Crippen molar-refractivity contribution in [2.24, 2.45) is 5.92 Å². The number of alkyl halides is 2. The summed E-state index contributed by atoms with van der Waals surface area (Å²) < 4.78 is 26.1. The highest BCUT2D eigenvalue weighted by atomic mass is 19.3. The lowest BCUT2D eigenvalue weighted by Crippen LogP contribution is -2.38. The van der Waals surface area contributed by atoms with Crippen molar-refractivity contribution >= 4 is 0 Å². The first-order chi connectivity index (χ1) is 6.02. The number of aliphatic hydroxyl groups is 1. The summed E-state index contributed by atoms with van der Waals surface area (Å²) in [5.41, 5.74) is 0. The fraction of sp³-hybridized carbons (Fsp3) is 1.00. The topological polar surface area (TPSA) is 32.3 Å². The minimum absolute atomic E-state index is 0.0124. The average Bonchev–Trinajstić information content (AvgIpc) is 2.05. The van der Waals surface area contributed by atoms with Gasteiger partial charge in [0.15, 0.2) is 0 Å².